The van der Waals surface area contributed by atoms with Gasteiger partial charge in [0, 0.05) is 0 Å². The molecule has 0 spiro atoms. The van der Waals surface area contributed by atoms with E-state index in [2.05, 4.69) is 50.2 Å². The van der Waals surface area contributed by atoms with E-state index in [-0.39, 0.29) is 11.5 Å². The van der Waals surface area contributed by atoms with Crippen LogP contribution in [0.5, 0.6) is 5.75 Å². The zero-order valence-electron chi connectivity index (χ0n) is 17.0. The number of hydrogen-bond donors (Lipinski definition) is 2. The van der Waals surface area contributed by atoms with Crippen LogP contribution in [0.3, 0.4) is 0 Å². The molecule has 3 aliphatic rings. The highest BCUT2D eigenvalue weighted by molar-refractivity contribution is 5.43. The molecule has 2 aromatic rings. The second kappa shape index (κ2) is 6.62. The third-order valence-corrected chi connectivity index (χ3v) is 8.47. The highest BCUT2D eigenvalue weighted by atomic mass is 16.3. The van der Waals surface area contributed by atoms with Crippen molar-refractivity contribution in [3.05, 3.63) is 65.2 Å². The summed E-state index contributed by atoms with van der Waals surface area (Å²) in [7, 11) is 0. The summed E-state index contributed by atoms with van der Waals surface area (Å²) in [6.07, 6.45) is 5.26. The molecular formula is C26H32O2. The summed E-state index contributed by atoms with van der Waals surface area (Å²) >= 11 is 0. The minimum atomic E-state index is -0.156. The summed E-state index contributed by atoms with van der Waals surface area (Å²) < 4.78 is 0. The van der Waals surface area contributed by atoms with Gasteiger partial charge in [-0.15, -0.1) is 0 Å². The molecule has 2 fully saturated rings. The first-order valence-corrected chi connectivity index (χ1v) is 11.1. The Balaban J connectivity index is 1.67. The highest BCUT2D eigenvalue weighted by Gasteiger charge is 2.59. The Kier molecular flexibility index (Phi) is 4.32. The van der Waals surface area contributed by atoms with Crippen molar-refractivity contribution in [3.8, 4) is 5.75 Å². The smallest absolute Gasteiger partial charge is 0.115 e. The van der Waals surface area contributed by atoms with Gasteiger partial charge in [0.1, 0.15) is 5.75 Å². The molecule has 2 aromatic carbocycles. The maximum absolute atomic E-state index is 10.9. The van der Waals surface area contributed by atoms with Gasteiger partial charge in [0.25, 0.3) is 0 Å². The van der Waals surface area contributed by atoms with E-state index in [4.69, 9.17) is 0 Å². The molecule has 0 aliphatic heterocycles. The highest BCUT2D eigenvalue weighted by Crippen LogP contribution is 2.65. The van der Waals surface area contributed by atoms with Crippen LogP contribution in [0.2, 0.25) is 0 Å². The lowest BCUT2D eigenvalue weighted by Crippen LogP contribution is -2.45. The Labute approximate surface area is 168 Å². The van der Waals surface area contributed by atoms with Gasteiger partial charge < -0.3 is 10.2 Å². The van der Waals surface area contributed by atoms with E-state index in [9.17, 15) is 10.2 Å². The lowest BCUT2D eigenvalue weighted by molar-refractivity contribution is 0.0167. The van der Waals surface area contributed by atoms with Gasteiger partial charge in [-0.25, -0.2) is 0 Å². The van der Waals surface area contributed by atoms with Crippen LogP contribution >= 0.6 is 0 Å². The molecule has 148 valence electrons. The van der Waals surface area contributed by atoms with E-state index >= 15 is 0 Å². The van der Waals surface area contributed by atoms with Crippen LogP contribution < -0.4 is 0 Å². The van der Waals surface area contributed by atoms with Crippen molar-refractivity contribution in [1.82, 2.24) is 0 Å². The van der Waals surface area contributed by atoms with Crippen LogP contribution in [0.4, 0.5) is 0 Å². The molecule has 0 amide bonds. The monoisotopic (exact) mass is 376 g/mol. The number of rotatable bonds is 2. The summed E-state index contributed by atoms with van der Waals surface area (Å²) in [4.78, 5) is 0. The molecule has 0 heterocycles. The molecule has 7 atom stereocenters. The molecular weight excluding hydrogens is 344 g/mol. The first-order valence-electron chi connectivity index (χ1n) is 11.1. The van der Waals surface area contributed by atoms with Crippen molar-refractivity contribution in [1.29, 1.82) is 0 Å². The van der Waals surface area contributed by atoms with Crippen molar-refractivity contribution in [2.75, 3.05) is 0 Å². The molecule has 2 heteroatoms. The first kappa shape index (κ1) is 18.2. The number of aromatic hydroxyl groups is 1. The number of aliphatic hydroxyl groups is 1. The van der Waals surface area contributed by atoms with Gasteiger partial charge in [0.2, 0.25) is 0 Å². The van der Waals surface area contributed by atoms with Gasteiger partial charge in [0.15, 0.2) is 0 Å². The van der Waals surface area contributed by atoms with Gasteiger partial charge in [0.05, 0.1) is 6.10 Å². The maximum atomic E-state index is 10.9. The lowest BCUT2D eigenvalue weighted by atomic mass is 9.50. The number of phenols is 1. The average Bonchev–Trinajstić information content (AvgIpc) is 2.96. The van der Waals surface area contributed by atoms with Gasteiger partial charge >= 0.3 is 0 Å². The van der Waals surface area contributed by atoms with Crippen LogP contribution in [0.25, 0.3) is 0 Å². The fourth-order valence-corrected chi connectivity index (χ4v) is 7.43. The van der Waals surface area contributed by atoms with Crippen molar-refractivity contribution in [2.24, 2.45) is 23.2 Å². The molecule has 0 radical (unpaired) electrons. The average molecular weight is 377 g/mol. The summed E-state index contributed by atoms with van der Waals surface area (Å²) in [5.41, 5.74) is 4.45. The minimum absolute atomic E-state index is 0.156. The first-order chi connectivity index (χ1) is 13.5. The number of aliphatic hydroxyl groups excluding tert-OH is 1. The van der Waals surface area contributed by atoms with Crippen LogP contribution in [0, 0.1) is 23.2 Å². The van der Waals surface area contributed by atoms with E-state index in [0.29, 0.717) is 35.3 Å². The number of hydrogen-bond acceptors (Lipinski definition) is 2. The largest absolute Gasteiger partial charge is 0.508 e. The Bertz CT molecular complexity index is 860. The number of benzene rings is 2. The Morgan fingerprint density at radius 3 is 2.61 bits per heavy atom. The lowest BCUT2D eigenvalue weighted by Gasteiger charge is -2.53. The molecule has 0 saturated heterocycles. The van der Waals surface area contributed by atoms with E-state index in [1.54, 1.807) is 0 Å². The van der Waals surface area contributed by atoms with Gasteiger partial charge in [-0.1, -0.05) is 56.7 Å². The quantitative estimate of drug-likeness (QED) is 0.712. The molecule has 0 aromatic heterocycles. The van der Waals surface area contributed by atoms with Gasteiger partial charge in [-0.3, -0.25) is 0 Å². The topological polar surface area (TPSA) is 40.5 Å². The summed E-state index contributed by atoms with van der Waals surface area (Å²) in [5, 5.41) is 21.0. The normalized spacial score (nSPS) is 39.1. The second-order valence-electron chi connectivity index (χ2n) is 9.85. The van der Waals surface area contributed by atoms with E-state index < -0.39 is 0 Å². The standard InChI is InChI=1S/C26H32O2/c1-3-19-23(28)15-26(2)12-11-21-20-10-9-18(27)13-17(20)14-22(24(21)25(19)26)16-7-5-4-6-8-16/h4-10,13,19,21-25,27-28H,3,11-12,14-15H2,1-2H3/t19-,21+,22-,23-,24-,25-,26+/m0/s1. The second-order valence-corrected chi connectivity index (χ2v) is 9.85. The molecule has 2 N–H and O–H groups in total. The SMILES string of the molecule is CC[C@@H]1[C@H]2[C@H]3[C@H](CC[C@]2(C)C[C@@H]1O)c1ccc(O)cc1C[C@H]3c1ccccc1. The van der Waals surface area contributed by atoms with E-state index in [1.165, 1.54) is 29.5 Å². The molecule has 5 rings (SSSR count). The zero-order chi connectivity index (χ0) is 19.5. The minimum Gasteiger partial charge on any atom is -0.508 e. The fourth-order valence-electron chi connectivity index (χ4n) is 7.43. The zero-order valence-corrected chi connectivity index (χ0v) is 17.0. The van der Waals surface area contributed by atoms with Crippen LogP contribution in [0.15, 0.2) is 48.5 Å². The van der Waals surface area contributed by atoms with Crippen molar-refractivity contribution < 1.29 is 10.2 Å². The van der Waals surface area contributed by atoms with E-state index in [0.717, 1.165) is 19.3 Å². The fraction of sp³-hybridized carbons (Fsp3) is 0.538. The van der Waals surface area contributed by atoms with Crippen molar-refractivity contribution in [2.45, 2.75) is 63.9 Å². The van der Waals surface area contributed by atoms with Gasteiger partial charge in [-0.2, -0.15) is 0 Å². The van der Waals surface area contributed by atoms with E-state index in [1.807, 2.05) is 12.1 Å². The van der Waals surface area contributed by atoms with Crippen LogP contribution in [0.1, 0.15) is 68.1 Å². The molecule has 2 nitrogen and oxygen atoms in total. The molecule has 28 heavy (non-hydrogen) atoms. The Hall–Kier alpha value is -1.80. The van der Waals surface area contributed by atoms with Crippen molar-refractivity contribution >= 4 is 0 Å². The number of fused-ring (bicyclic) bond motifs is 5. The third kappa shape index (κ3) is 2.64. The summed E-state index contributed by atoms with van der Waals surface area (Å²) in [6, 6.07) is 17.0. The predicted molar refractivity (Wildman–Crippen MR) is 112 cm³/mol. The summed E-state index contributed by atoms with van der Waals surface area (Å²) in [5.74, 6) is 2.92. The maximum Gasteiger partial charge on any atom is 0.115 e. The summed E-state index contributed by atoms with van der Waals surface area (Å²) in [6.45, 7) is 4.71. The molecule has 0 unspecified atom stereocenters. The molecule has 2 saturated carbocycles. The Morgan fingerprint density at radius 2 is 1.86 bits per heavy atom. The van der Waals surface area contributed by atoms with Crippen LogP contribution in [-0.4, -0.2) is 16.3 Å². The molecule has 3 aliphatic carbocycles. The molecule has 0 bridgehead atoms. The number of phenolic OH excluding ortho intramolecular Hbond substituents is 1. The van der Waals surface area contributed by atoms with Gasteiger partial charge in [-0.05, 0) is 89.5 Å². The predicted octanol–water partition coefficient (Wildman–Crippen LogP) is 5.64. The third-order valence-electron chi connectivity index (χ3n) is 8.47. The van der Waals surface area contributed by atoms with Crippen LogP contribution in [-0.2, 0) is 6.42 Å². The van der Waals surface area contributed by atoms with Crippen molar-refractivity contribution in [3.63, 3.8) is 0 Å². The Morgan fingerprint density at radius 1 is 1.07 bits per heavy atom.